The van der Waals surface area contributed by atoms with Gasteiger partial charge in [-0.25, -0.2) is 0 Å². The van der Waals surface area contributed by atoms with Crippen LogP contribution in [-0.2, 0) is 10.8 Å². The van der Waals surface area contributed by atoms with Crippen LogP contribution in [0.5, 0.6) is 0 Å². The highest BCUT2D eigenvalue weighted by Gasteiger charge is 2.44. The summed E-state index contributed by atoms with van der Waals surface area (Å²) in [6, 6.07) is 17.8. The van der Waals surface area contributed by atoms with Gasteiger partial charge in [0.25, 0.3) is 0 Å². The molecule has 0 saturated carbocycles. The number of benzene rings is 2. The number of hydrogen-bond acceptors (Lipinski definition) is 1. The van der Waals surface area contributed by atoms with Crippen LogP contribution in [0.2, 0.25) is 0 Å². The lowest BCUT2D eigenvalue weighted by Crippen LogP contribution is -2.37. The van der Waals surface area contributed by atoms with Gasteiger partial charge in [0.2, 0.25) is 5.69 Å². The minimum Gasteiger partial charge on any atom is -0.344 e. The molecule has 0 aliphatic carbocycles. The van der Waals surface area contributed by atoms with E-state index in [1.54, 1.807) is 0 Å². The van der Waals surface area contributed by atoms with E-state index in [9.17, 15) is 0 Å². The SMILES string of the molecule is CC1(C)C(/C=C/C=C/C=C/C=C2/N(CCC[N+](C)(C)C)c3ccccc3C2(C)C)=[N+](CCC[N+](C)(C)C)c2ccccc21. The molecule has 0 unspecified atom stereocenters. The lowest BCUT2D eigenvalue weighted by atomic mass is 9.81. The number of quaternary nitrogens is 2. The molecule has 4 nitrogen and oxygen atoms in total. The highest BCUT2D eigenvalue weighted by atomic mass is 15.3. The topological polar surface area (TPSA) is 6.25 Å². The van der Waals surface area contributed by atoms with Gasteiger partial charge in [0.15, 0.2) is 12.3 Å². The second-order valence-electron chi connectivity index (χ2n) is 15.4. The van der Waals surface area contributed by atoms with Crippen molar-refractivity contribution < 1.29 is 13.5 Å². The molecule has 0 N–H and O–H groups in total. The predicted molar refractivity (Wildman–Crippen MR) is 187 cm³/mol. The van der Waals surface area contributed by atoms with Crippen LogP contribution in [0.3, 0.4) is 0 Å². The third-order valence-corrected chi connectivity index (χ3v) is 8.97. The maximum atomic E-state index is 2.54. The lowest BCUT2D eigenvalue weighted by molar-refractivity contribution is -0.871. The molecule has 2 aromatic carbocycles. The van der Waals surface area contributed by atoms with Crippen LogP contribution in [0, 0.1) is 0 Å². The van der Waals surface area contributed by atoms with Crippen molar-refractivity contribution in [1.82, 2.24) is 0 Å². The summed E-state index contributed by atoms with van der Waals surface area (Å²) in [5.41, 5.74) is 8.27. The number of hydrogen-bond donors (Lipinski definition) is 0. The summed E-state index contributed by atoms with van der Waals surface area (Å²) in [7, 11) is 13.6. The van der Waals surface area contributed by atoms with E-state index >= 15 is 0 Å². The van der Waals surface area contributed by atoms with Crippen molar-refractivity contribution in [3.63, 3.8) is 0 Å². The van der Waals surface area contributed by atoms with Crippen LogP contribution in [0.25, 0.3) is 0 Å². The second kappa shape index (κ2) is 12.8. The minimum atomic E-state index is -0.0177. The van der Waals surface area contributed by atoms with Crippen molar-refractivity contribution in [3.8, 4) is 0 Å². The van der Waals surface area contributed by atoms with Gasteiger partial charge in [0, 0.05) is 47.5 Å². The zero-order chi connectivity index (χ0) is 31.5. The highest BCUT2D eigenvalue weighted by molar-refractivity contribution is 6.03. The molecule has 2 aliphatic heterocycles. The molecule has 0 amide bonds. The molecule has 4 rings (SSSR count). The van der Waals surface area contributed by atoms with Gasteiger partial charge in [-0.15, -0.1) is 0 Å². The molecule has 2 heterocycles. The van der Waals surface area contributed by atoms with Gasteiger partial charge in [0.05, 0.1) is 67.2 Å². The largest absolute Gasteiger partial charge is 0.344 e. The van der Waals surface area contributed by atoms with Crippen LogP contribution in [0.1, 0.15) is 51.7 Å². The van der Waals surface area contributed by atoms with Crippen molar-refractivity contribution in [1.29, 1.82) is 0 Å². The Morgan fingerprint density at radius 2 is 1.26 bits per heavy atom. The average Bonchev–Trinajstić information content (AvgIpc) is 3.26. The van der Waals surface area contributed by atoms with E-state index in [-0.39, 0.29) is 10.8 Å². The molecular formula is C39H57N4+3. The van der Waals surface area contributed by atoms with E-state index in [1.165, 1.54) is 33.9 Å². The molecular weight excluding hydrogens is 524 g/mol. The minimum absolute atomic E-state index is 0.0177. The maximum Gasteiger partial charge on any atom is 0.209 e. The van der Waals surface area contributed by atoms with Gasteiger partial charge in [-0.1, -0.05) is 80.6 Å². The molecule has 0 spiro atoms. The summed E-state index contributed by atoms with van der Waals surface area (Å²) in [5.74, 6) is 0. The Hall–Kier alpha value is -3.21. The molecule has 0 radical (unpaired) electrons. The summed E-state index contributed by atoms with van der Waals surface area (Å²) in [6.45, 7) is 13.8. The smallest absolute Gasteiger partial charge is 0.209 e. The van der Waals surface area contributed by atoms with Crippen LogP contribution in [-0.4, -0.2) is 87.7 Å². The Morgan fingerprint density at radius 1 is 0.674 bits per heavy atom. The van der Waals surface area contributed by atoms with Crippen LogP contribution in [0.15, 0.2) is 96.8 Å². The first-order chi connectivity index (χ1) is 20.1. The fraction of sp³-hybridized carbons (Fsp3) is 0.462. The number of anilines is 1. The van der Waals surface area contributed by atoms with Crippen molar-refractivity contribution in [2.45, 2.75) is 51.4 Å². The van der Waals surface area contributed by atoms with Gasteiger partial charge in [-0.3, -0.25) is 0 Å². The molecule has 2 aliphatic rings. The van der Waals surface area contributed by atoms with Gasteiger partial charge in [-0.2, -0.15) is 4.58 Å². The molecule has 0 bridgehead atoms. The van der Waals surface area contributed by atoms with Crippen molar-refractivity contribution in [3.05, 3.63) is 108 Å². The van der Waals surface area contributed by atoms with Crippen LogP contribution in [0.4, 0.5) is 11.4 Å². The van der Waals surface area contributed by atoms with E-state index in [0.717, 1.165) is 48.0 Å². The van der Waals surface area contributed by atoms with E-state index in [2.05, 4.69) is 171 Å². The molecule has 0 aromatic heterocycles. The van der Waals surface area contributed by atoms with Gasteiger partial charge < -0.3 is 13.9 Å². The van der Waals surface area contributed by atoms with E-state index in [1.807, 2.05) is 0 Å². The third kappa shape index (κ3) is 7.66. The van der Waals surface area contributed by atoms with Gasteiger partial charge in [0.1, 0.15) is 0 Å². The van der Waals surface area contributed by atoms with Crippen molar-refractivity contribution in [2.24, 2.45) is 0 Å². The van der Waals surface area contributed by atoms with Gasteiger partial charge in [-0.05, 0) is 31.6 Å². The predicted octanol–water partition coefficient (Wildman–Crippen LogP) is 7.61. The van der Waals surface area contributed by atoms with E-state index in [4.69, 9.17) is 0 Å². The molecule has 0 saturated heterocycles. The normalized spacial score (nSPS) is 19.0. The third-order valence-electron chi connectivity index (χ3n) is 8.97. The monoisotopic (exact) mass is 581 g/mol. The van der Waals surface area contributed by atoms with Gasteiger partial charge >= 0.3 is 0 Å². The molecule has 0 fully saturated rings. The zero-order valence-electron chi connectivity index (χ0n) is 28.7. The van der Waals surface area contributed by atoms with Crippen molar-refractivity contribution in [2.75, 3.05) is 73.4 Å². The maximum absolute atomic E-state index is 2.54. The second-order valence-corrected chi connectivity index (χ2v) is 15.4. The number of rotatable bonds is 12. The first-order valence-corrected chi connectivity index (χ1v) is 16.1. The summed E-state index contributed by atoms with van der Waals surface area (Å²) in [5, 5.41) is 0. The Morgan fingerprint density at radius 3 is 1.95 bits per heavy atom. The fourth-order valence-electron chi connectivity index (χ4n) is 6.66. The van der Waals surface area contributed by atoms with Crippen molar-refractivity contribution >= 4 is 17.1 Å². The fourth-order valence-corrected chi connectivity index (χ4v) is 6.66. The molecule has 43 heavy (non-hydrogen) atoms. The lowest BCUT2D eigenvalue weighted by Gasteiger charge is -2.29. The average molecular weight is 582 g/mol. The first-order valence-electron chi connectivity index (χ1n) is 16.1. The number of nitrogens with zero attached hydrogens (tertiary/aromatic N) is 4. The van der Waals surface area contributed by atoms with Crippen LogP contribution < -0.4 is 4.90 Å². The molecule has 2 aromatic rings. The Kier molecular flexibility index (Phi) is 9.73. The highest BCUT2D eigenvalue weighted by Crippen LogP contribution is 2.47. The Bertz CT molecular complexity index is 1430. The molecule has 230 valence electrons. The summed E-state index contributed by atoms with van der Waals surface area (Å²) in [6.07, 6.45) is 17.9. The molecule has 0 atom stereocenters. The summed E-state index contributed by atoms with van der Waals surface area (Å²) in [4.78, 5) is 2.54. The summed E-state index contributed by atoms with van der Waals surface area (Å²) >= 11 is 0. The summed E-state index contributed by atoms with van der Waals surface area (Å²) < 4.78 is 4.53. The number of para-hydroxylation sites is 2. The number of fused-ring (bicyclic) bond motifs is 2. The Labute approximate surface area is 262 Å². The van der Waals surface area contributed by atoms with E-state index < -0.39 is 0 Å². The number of allylic oxidation sites excluding steroid dienone is 8. The molecule has 4 heteroatoms. The standard InChI is InChI=1S/C39H57N4/c1-38(2)32-22-16-18-24-34(32)40(28-20-30-42(5,6)7)36(38)26-14-12-11-13-15-27-37-39(3,4)33-23-17-19-25-35(33)41(37)29-21-31-43(8,9)10/h11-19,22-27H,20-21,28-31H2,1-10H3/q+3. The Balaban J connectivity index is 1.51. The first kappa shape index (κ1) is 32.7. The quantitative estimate of drug-likeness (QED) is 0.142. The van der Waals surface area contributed by atoms with Crippen LogP contribution >= 0.6 is 0 Å². The zero-order valence-corrected chi connectivity index (χ0v) is 28.7. The van der Waals surface area contributed by atoms with E-state index in [0.29, 0.717) is 0 Å².